The molecule has 2 aromatic heterocycles. The summed E-state index contributed by atoms with van der Waals surface area (Å²) in [6.07, 6.45) is 4.32. The van der Waals surface area contributed by atoms with Gasteiger partial charge in [-0.1, -0.05) is 54.6 Å². The third-order valence-electron chi connectivity index (χ3n) is 6.95. The van der Waals surface area contributed by atoms with Crippen molar-refractivity contribution in [2.24, 2.45) is 0 Å². The molecule has 0 saturated carbocycles. The summed E-state index contributed by atoms with van der Waals surface area (Å²) in [6.45, 7) is 6.56. The van der Waals surface area contributed by atoms with Crippen LogP contribution in [-0.2, 0) is 0 Å². The van der Waals surface area contributed by atoms with Gasteiger partial charge >= 0.3 is 0 Å². The van der Waals surface area contributed by atoms with Crippen molar-refractivity contribution in [2.75, 3.05) is 0 Å². The normalized spacial score (nSPS) is 11.3. The number of hydrogen-bond donors (Lipinski definition) is 0. The summed E-state index contributed by atoms with van der Waals surface area (Å²) in [7, 11) is 0. The van der Waals surface area contributed by atoms with E-state index in [4.69, 9.17) is 0 Å². The highest BCUT2D eigenvalue weighted by atomic mass is 15.4. The van der Waals surface area contributed by atoms with Gasteiger partial charge in [0.1, 0.15) is 0 Å². The first kappa shape index (κ1) is 21.2. The Hall–Kier alpha value is -4.30. The average Bonchev–Trinajstić information content (AvgIpc) is 2.89. The highest BCUT2D eigenvalue weighted by Crippen LogP contribution is 2.31. The fourth-order valence-corrected chi connectivity index (χ4v) is 5.12. The third kappa shape index (κ3) is 3.68. The lowest BCUT2D eigenvalue weighted by molar-refractivity contribution is -1.29. The van der Waals surface area contributed by atoms with Crippen LogP contribution in [-0.4, -0.2) is 0 Å². The molecule has 4 aromatic carbocycles. The molecule has 0 N–H and O–H groups in total. The quantitative estimate of drug-likeness (QED) is 0.199. The Labute approximate surface area is 206 Å². The van der Waals surface area contributed by atoms with Crippen LogP contribution < -0.4 is 9.35 Å². The second-order valence-electron chi connectivity index (χ2n) is 9.35. The second kappa shape index (κ2) is 8.48. The largest absolute Gasteiger partial charge is 0.284 e. The number of nitrogens with zero attached hydrogens (tertiary/aromatic N) is 2. The van der Waals surface area contributed by atoms with Gasteiger partial charge in [-0.25, -0.2) is 0 Å². The fraction of sp³-hybridized carbons (Fsp3) is 0.0909. The lowest BCUT2D eigenvalue weighted by atomic mass is 9.95. The molecule has 0 atom stereocenters. The van der Waals surface area contributed by atoms with Crippen LogP contribution in [0.5, 0.6) is 0 Å². The van der Waals surface area contributed by atoms with Gasteiger partial charge in [-0.15, -0.1) is 0 Å². The Morgan fingerprint density at radius 3 is 2.09 bits per heavy atom. The van der Waals surface area contributed by atoms with Crippen molar-refractivity contribution in [2.45, 2.75) is 20.8 Å². The molecule has 0 spiro atoms. The Morgan fingerprint density at radius 1 is 0.457 bits per heavy atom. The van der Waals surface area contributed by atoms with Crippen LogP contribution in [0.1, 0.15) is 16.7 Å². The van der Waals surface area contributed by atoms with Gasteiger partial charge in [0.05, 0.1) is 20.5 Å². The van der Waals surface area contributed by atoms with E-state index >= 15 is 0 Å². The maximum atomic E-state index is 2.35. The molecule has 2 heteroatoms. The van der Waals surface area contributed by atoms with E-state index in [1.54, 1.807) is 0 Å². The summed E-state index contributed by atoms with van der Waals surface area (Å²) in [5.74, 6) is 0. The molecule has 0 amide bonds. The van der Waals surface area contributed by atoms with Gasteiger partial charge in [-0.05, 0) is 83.3 Å². The number of rotatable bonds is 3. The van der Waals surface area contributed by atoms with Crippen molar-refractivity contribution >= 4 is 21.5 Å². The molecule has 2 heterocycles. The topological polar surface area (TPSA) is 7.76 Å². The molecule has 0 fully saturated rings. The first-order chi connectivity index (χ1) is 17.1. The number of hydrogen-bond acceptors (Lipinski definition) is 0. The highest BCUT2D eigenvalue weighted by Gasteiger charge is 2.28. The van der Waals surface area contributed by atoms with Gasteiger partial charge in [0.2, 0.25) is 12.4 Å². The van der Waals surface area contributed by atoms with Crippen LogP contribution in [0.4, 0.5) is 0 Å². The minimum absolute atomic E-state index is 1.16. The van der Waals surface area contributed by atoms with Crippen LogP contribution in [0.15, 0.2) is 116 Å². The highest BCUT2D eigenvalue weighted by molar-refractivity contribution is 6.08. The van der Waals surface area contributed by atoms with E-state index in [9.17, 15) is 0 Å². The molecule has 6 aromatic rings. The third-order valence-corrected chi connectivity index (χ3v) is 6.95. The van der Waals surface area contributed by atoms with Crippen LogP contribution >= 0.6 is 0 Å². The lowest BCUT2D eigenvalue weighted by Crippen LogP contribution is -2.68. The summed E-state index contributed by atoms with van der Waals surface area (Å²) in [4.78, 5) is 0. The van der Waals surface area contributed by atoms with Crippen molar-refractivity contribution in [1.29, 1.82) is 0 Å². The Morgan fingerprint density at radius 2 is 1.20 bits per heavy atom. The molecule has 0 unspecified atom stereocenters. The molecule has 0 aliphatic rings. The number of aryl methyl sites for hydroxylation is 3. The van der Waals surface area contributed by atoms with Crippen molar-refractivity contribution in [3.63, 3.8) is 0 Å². The van der Waals surface area contributed by atoms with Crippen LogP contribution in [0.3, 0.4) is 0 Å². The maximum Gasteiger partial charge on any atom is 0.284 e. The predicted molar refractivity (Wildman–Crippen MR) is 144 cm³/mol. The van der Waals surface area contributed by atoms with E-state index < -0.39 is 0 Å². The lowest BCUT2D eigenvalue weighted by Gasteiger charge is -2.10. The minimum atomic E-state index is 1.16. The molecule has 6 rings (SSSR count). The minimum Gasteiger partial charge on any atom is -0.0620 e. The molecule has 0 aliphatic carbocycles. The standard InChI is InChI=1S/C33H28N2/c1-23-17-19-35(34-18-9-8-14-32(34)28-12-6-4-10-24(28)2)33(20-23)30-22-27-16-15-26-11-5-7-13-29(26)31(27)21-25(30)3/h4-22H,1-3H3/q+2. The first-order valence-electron chi connectivity index (χ1n) is 12.1. The monoisotopic (exact) mass is 452 g/mol. The van der Waals surface area contributed by atoms with E-state index in [1.807, 2.05) is 0 Å². The average molecular weight is 453 g/mol. The first-order valence-corrected chi connectivity index (χ1v) is 12.1. The summed E-state index contributed by atoms with van der Waals surface area (Å²) in [6, 6.07) is 37.2. The summed E-state index contributed by atoms with van der Waals surface area (Å²) < 4.78 is 4.52. The van der Waals surface area contributed by atoms with Crippen LogP contribution in [0, 0.1) is 20.8 Å². The van der Waals surface area contributed by atoms with E-state index in [2.05, 4.69) is 146 Å². The molecule has 35 heavy (non-hydrogen) atoms. The molecule has 168 valence electrons. The van der Waals surface area contributed by atoms with Gasteiger partial charge in [0.25, 0.3) is 11.4 Å². The van der Waals surface area contributed by atoms with E-state index in [-0.39, 0.29) is 0 Å². The van der Waals surface area contributed by atoms with E-state index in [1.165, 1.54) is 55.1 Å². The molecule has 0 bridgehead atoms. The number of aromatic nitrogens is 2. The zero-order valence-electron chi connectivity index (χ0n) is 20.4. The maximum absolute atomic E-state index is 2.35. The SMILES string of the molecule is Cc1cc[n+](-[n+]2ccccc2-c2ccccc2C)c(-c2cc3ccc4ccccc4c3cc2C)c1. The zero-order valence-corrected chi connectivity index (χ0v) is 20.4. The predicted octanol–water partition coefficient (Wildman–Crippen LogP) is 7.14. The molecule has 2 nitrogen and oxygen atoms in total. The van der Waals surface area contributed by atoms with Crippen molar-refractivity contribution < 1.29 is 9.35 Å². The Bertz CT molecular complexity index is 1730. The van der Waals surface area contributed by atoms with Crippen LogP contribution in [0.25, 0.3) is 44.1 Å². The van der Waals surface area contributed by atoms with E-state index in [0.29, 0.717) is 0 Å². The number of fused-ring (bicyclic) bond motifs is 3. The van der Waals surface area contributed by atoms with Crippen molar-refractivity contribution in [1.82, 2.24) is 0 Å². The van der Waals surface area contributed by atoms with Crippen LogP contribution in [0.2, 0.25) is 0 Å². The molecular weight excluding hydrogens is 424 g/mol. The summed E-state index contributed by atoms with van der Waals surface area (Å²) >= 11 is 0. The van der Waals surface area contributed by atoms with Gasteiger partial charge in [-0.2, -0.15) is 0 Å². The molecule has 0 saturated heterocycles. The van der Waals surface area contributed by atoms with Gasteiger partial charge < -0.3 is 0 Å². The Balaban J connectivity index is 1.61. The molecular formula is C33H28N2+2. The number of benzene rings is 4. The zero-order chi connectivity index (χ0) is 23.9. The smallest absolute Gasteiger partial charge is 0.0620 e. The Kier molecular flexibility index (Phi) is 5.15. The molecule has 0 radical (unpaired) electrons. The summed E-state index contributed by atoms with van der Waals surface area (Å²) in [5, 5.41) is 5.14. The summed E-state index contributed by atoms with van der Waals surface area (Å²) in [5.41, 5.74) is 8.56. The van der Waals surface area contributed by atoms with E-state index in [0.717, 1.165) is 5.69 Å². The van der Waals surface area contributed by atoms with Crippen molar-refractivity contribution in [3.8, 4) is 22.5 Å². The number of pyridine rings is 2. The fourth-order valence-electron chi connectivity index (χ4n) is 5.12. The van der Waals surface area contributed by atoms with Gasteiger partial charge in [0.15, 0.2) is 0 Å². The molecule has 0 aliphatic heterocycles. The van der Waals surface area contributed by atoms with Crippen molar-refractivity contribution in [3.05, 3.63) is 132 Å². The second-order valence-corrected chi connectivity index (χ2v) is 9.35. The van der Waals surface area contributed by atoms with Gasteiger partial charge in [0, 0.05) is 24.3 Å². The van der Waals surface area contributed by atoms with Gasteiger partial charge in [-0.3, -0.25) is 0 Å².